The van der Waals surface area contributed by atoms with Crippen LogP contribution in [0, 0.1) is 0 Å². The minimum Gasteiger partial charge on any atom is -0.457 e. The maximum absolute atomic E-state index is 12.8. The first-order valence-electron chi connectivity index (χ1n) is 11.4. The van der Waals surface area contributed by atoms with Gasteiger partial charge < -0.3 is 14.8 Å². The summed E-state index contributed by atoms with van der Waals surface area (Å²) in [4.78, 5) is 39.1. The van der Waals surface area contributed by atoms with Crippen LogP contribution in [0.5, 0.6) is 11.5 Å². The first kappa shape index (κ1) is 23.1. The van der Waals surface area contributed by atoms with Crippen molar-refractivity contribution in [1.29, 1.82) is 0 Å². The molecule has 2 heterocycles. The van der Waals surface area contributed by atoms with Gasteiger partial charge in [0.2, 0.25) is 5.91 Å². The number of hydrogen-bond donors (Lipinski definition) is 1. The Labute approximate surface area is 207 Å². The van der Waals surface area contributed by atoms with Gasteiger partial charge in [-0.2, -0.15) is 0 Å². The standard InChI is InChI=1S/C27H23ClN2O5/c28-18-5-3-17(4-6-18)14-25(31)29-19-7-9-20(10-8-19)35-21-11-12-23-24(15-21)27(33)30(26(23)32)16-22-2-1-13-34-22/h3-12,15,22H,1-2,13-14,16H2,(H,29,31). The van der Waals surface area contributed by atoms with E-state index in [0.29, 0.717) is 39.9 Å². The van der Waals surface area contributed by atoms with E-state index in [9.17, 15) is 14.4 Å². The molecule has 1 N–H and O–H groups in total. The van der Waals surface area contributed by atoms with Gasteiger partial charge in [-0.15, -0.1) is 0 Å². The topological polar surface area (TPSA) is 84.9 Å². The fourth-order valence-corrected chi connectivity index (χ4v) is 4.35. The second-order valence-corrected chi connectivity index (χ2v) is 8.98. The molecule has 0 aliphatic carbocycles. The Morgan fingerprint density at radius 2 is 1.69 bits per heavy atom. The molecule has 8 heteroatoms. The van der Waals surface area contributed by atoms with E-state index in [1.807, 2.05) is 12.1 Å². The Hall–Kier alpha value is -3.68. The van der Waals surface area contributed by atoms with Crippen molar-refractivity contribution in [2.45, 2.75) is 25.4 Å². The summed E-state index contributed by atoms with van der Waals surface area (Å²) in [6.45, 7) is 0.935. The summed E-state index contributed by atoms with van der Waals surface area (Å²) in [5, 5.41) is 3.47. The highest BCUT2D eigenvalue weighted by molar-refractivity contribution is 6.30. The molecule has 1 unspecified atom stereocenters. The second-order valence-electron chi connectivity index (χ2n) is 8.54. The predicted octanol–water partition coefficient (Wildman–Crippen LogP) is 5.09. The lowest BCUT2D eigenvalue weighted by Gasteiger charge is -2.17. The number of carbonyl (C=O) groups excluding carboxylic acids is 3. The van der Waals surface area contributed by atoms with Crippen molar-refractivity contribution in [3.05, 3.63) is 88.4 Å². The Balaban J connectivity index is 1.21. The van der Waals surface area contributed by atoms with Crippen molar-refractivity contribution in [3.8, 4) is 11.5 Å². The van der Waals surface area contributed by atoms with Crippen molar-refractivity contribution in [2.24, 2.45) is 0 Å². The van der Waals surface area contributed by atoms with Crippen molar-refractivity contribution in [2.75, 3.05) is 18.5 Å². The van der Waals surface area contributed by atoms with E-state index in [1.54, 1.807) is 54.6 Å². The number of nitrogens with one attached hydrogen (secondary N) is 1. The molecule has 1 saturated heterocycles. The molecule has 3 aromatic rings. The van der Waals surface area contributed by atoms with E-state index in [-0.39, 0.29) is 36.8 Å². The van der Waals surface area contributed by atoms with Crippen LogP contribution in [0.15, 0.2) is 66.7 Å². The van der Waals surface area contributed by atoms with Crippen LogP contribution < -0.4 is 10.1 Å². The van der Waals surface area contributed by atoms with E-state index < -0.39 is 0 Å². The quantitative estimate of drug-likeness (QED) is 0.466. The molecule has 7 nitrogen and oxygen atoms in total. The molecule has 178 valence electrons. The van der Waals surface area contributed by atoms with Crippen molar-refractivity contribution in [1.82, 2.24) is 4.90 Å². The molecule has 5 rings (SSSR count). The molecule has 3 amide bonds. The van der Waals surface area contributed by atoms with Gasteiger partial charge in [-0.25, -0.2) is 0 Å². The Kier molecular flexibility index (Phi) is 6.53. The summed E-state index contributed by atoms with van der Waals surface area (Å²) >= 11 is 5.88. The lowest BCUT2D eigenvalue weighted by molar-refractivity contribution is -0.115. The highest BCUT2D eigenvalue weighted by atomic mass is 35.5. The van der Waals surface area contributed by atoms with Crippen molar-refractivity contribution in [3.63, 3.8) is 0 Å². The summed E-state index contributed by atoms with van der Waals surface area (Å²) in [6, 6.07) is 18.9. The maximum atomic E-state index is 12.8. The third kappa shape index (κ3) is 5.21. The van der Waals surface area contributed by atoms with Gasteiger partial charge >= 0.3 is 0 Å². The van der Waals surface area contributed by atoms with Crippen LogP contribution in [0.2, 0.25) is 5.02 Å². The average molecular weight is 491 g/mol. The molecule has 1 fully saturated rings. The molecule has 2 aliphatic rings. The molecule has 2 aliphatic heterocycles. The normalized spacial score (nSPS) is 16.9. The van der Waals surface area contributed by atoms with Crippen LogP contribution in [0.3, 0.4) is 0 Å². The van der Waals surface area contributed by atoms with E-state index in [2.05, 4.69) is 5.32 Å². The van der Waals surface area contributed by atoms with Crippen LogP contribution >= 0.6 is 11.6 Å². The van der Waals surface area contributed by atoms with Gasteiger partial charge in [-0.3, -0.25) is 19.3 Å². The first-order valence-corrected chi connectivity index (χ1v) is 11.8. The summed E-state index contributed by atoms with van der Waals surface area (Å²) in [7, 11) is 0. The van der Waals surface area contributed by atoms with Crippen LogP contribution in [0.1, 0.15) is 39.1 Å². The molecule has 0 spiro atoms. The van der Waals surface area contributed by atoms with E-state index in [1.165, 1.54) is 4.90 Å². The minimum absolute atomic E-state index is 0.0990. The maximum Gasteiger partial charge on any atom is 0.261 e. The zero-order chi connectivity index (χ0) is 24.4. The number of amides is 3. The monoisotopic (exact) mass is 490 g/mol. The number of carbonyl (C=O) groups is 3. The summed E-state index contributed by atoms with van der Waals surface area (Å²) in [6.07, 6.45) is 1.93. The zero-order valence-electron chi connectivity index (χ0n) is 18.8. The van der Waals surface area contributed by atoms with Crippen LogP contribution in [-0.2, 0) is 16.0 Å². The van der Waals surface area contributed by atoms with Crippen LogP contribution in [0.4, 0.5) is 5.69 Å². The van der Waals surface area contributed by atoms with Gasteiger partial charge in [0.25, 0.3) is 11.8 Å². The van der Waals surface area contributed by atoms with Crippen molar-refractivity contribution < 1.29 is 23.9 Å². The molecule has 3 aromatic carbocycles. The number of hydrogen-bond acceptors (Lipinski definition) is 5. The van der Waals surface area contributed by atoms with E-state index in [4.69, 9.17) is 21.1 Å². The molecule has 0 saturated carbocycles. The number of halogens is 1. The number of nitrogens with zero attached hydrogens (tertiary/aromatic N) is 1. The van der Waals surface area contributed by atoms with Gasteiger partial charge in [0.1, 0.15) is 11.5 Å². The number of fused-ring (bicyclic) bond motifs is 1. The average Bonchev–Trinajstić information content (AvgIpc) is 3.45. The van der Waals surface area contributed by atoms with Crippen LogP contribution in [0.25, 0.3) is 0 Å². The molecular weight excluding hydrogens is 468 g/mol. The third-order valence-electron chi connectivity index (χ3n) is 6.00. The molecule has 0 radical (unpaired) electrons. The Morgan fingerprint density at radius 1 is 0.971 bits per heavy atom. The van der Waals surface area contributed by atoms with Crippen molar-refractivity contribution >= 4 is 35.0 Å². The smallest absolute Gasteiger partial charge is 0.261 e. The number of anilines is 1. The predicted molar refractivity (Wildman–Crippen MR) is 131 cm³/mol. The van der Waals surface area contributed by atoms with Gasteiger partial charge in [-0.05, 0) is 73.0 Å². The minimum atomic E-state index is -0.329. The van der Waals surface area contributed by atoms with Gasteiger partial charge in [0.05, 0.1) is 30.2 Å². The molecule has 35 heavy (non-hydrogen) atoms. The summed E-state index contributed by atoms with van der Waals surface area (Å²) in [5.74, 6) is 0.211. The number of benzene rings is 3. The first-order chi connectivity index (χ1) is 17.0. The number of ether oxygens (including phenoxy) is 2. The van der Waals surface area contributed by atoms with Gasteiger partial charge in [0, 0.05) is 17.3 Å². The van der Waals surface area contributed by atoms with Gasteiger partial charge in [0.15, 0.2) is 0 Å². The highest BCUT2D eigenvalue weighted by Gasteiger charge is 2.37. The SMILES string of the molecule is O=C(Cc1ccc(Cl)cc1)Nc1ccc(Oc2ccc3c(c2)C(=O)N(CC2CCCO2)C3=O)cc1. The van der Waals surface area contributed by atoms with E-state index >= 15 is 0 Å². The molecule has 0 aromatic heterocycles. The Morgan fingerprint density at radius 3 is 2.40 bits per heavy atom. The fourth-order valence-electron chi connectivity index (χ4n) is 4.23. The lowest BCUT2D eigenvalue weighted by atomic mass is 10.1. The summed E-state index contributed by atoms with van der Waals surface area (Å²) in [5.41, 5.74) is 2.21. The highest BCUT2D eigenvalue weighted by Crippen LogP contribution is 2.31. The molecular formula is C27H23ClN2O5. The lowest BCUT2D eigenvalue weighted by Crippen LogP contribution is -2.36. The largest absolute Gasteiger partial charge is 0.457 e. The number of imide groups is 1. The Bertz CT molecular complexity index is 1270. The second kappa shape index (κ2) is 9.90. The number of rotatable bonds is 7. The molecule has 0 bridgehead atoms. The van der Waals surface area contributed by atoms with E-state index in [0.717, 1.165) is 18.4 Å². The third-order valence-corrected chi connectivity index (χ3v) is 6.26. The molecule has 1 atom stereocenters. The van der Waals surface area contributed by atoms with Gasteiger partial charge in [-0.1, -0.05) is 23.7 Å². The summed E-state index contributed by atoms with van der Waals surface area (Å²) < 4.78 is 11.5. The zero-order valence-corrected chi connectivity index (χ0v) is 19.6. The fraction of sp³-hybridized carbons (Fsp3) is 0.222. The van der Waals surface area contributed by atoms with Crippen LogP contribution in [-0.4, -0.2) is 41.9 Å².